The van der Waals surface area contributed by atoms with Crippen molar-refractivity contribution in [2.45, 2.75) is 31.6 Å². The van der Waals surface area contributed by atoms with E-state index >= 15 is 0 Å². The quantitative estimate of drug-likeness (QED) is 0.403. The first kappa shape index (κ1) is 21.5. The molecular formula is C24H25N5O3S. The van der Waals surface area contributed by atoms with E-state index in [4.69, 9.17) is 14.5 Å². The number of hydrogen-bond acceptors (Lipinski definition) is 7. The van der Waals surface area contributed by atoms with E-state index in [1.54, 1.807) is 14.2 Å². The molecule has 3 heterocycles. The predicted molar refractivity (Wildman–Crippen MR) is 128 cm³/mol. The standard InChI is InChI=1S/C24H25N5O3S/c1-4-29-18-8-6-5-7-17(18)22-23(29)25-24(27-26-22)33-14-21(30)28-10-9-15-11-19(31-2)20(32-3)12-16(15)13-28/h5-8,11-12H,4,9-10,13-14H2,1-3H3. The molecule has 1 amide bonds. The van der Waals surface area contributed by atoms with Crippen LogP contribution < -0.4 is 9.47 Å². The fourth-order valence-corrected chi connectivity index (χ4v) is 5.07. The Labute approximate surface area is 195 Å². The van der Waals surface area contributed by atoms with Gasteiger partial charge in [0.1, 0.15) is 5.52 Å². The minimum Gasteiger partial charge on any atom is -0.493 e. The van der Waals surface area contributed by atoms with Gasteiger partial charge in [0.05, 0.1) is 25.5 Å². The third-order valence-corrected chi connectivity index (χ3v) is 6.89. The number of amides is 1. The normalized spacial score (nSPS) is 13.4. The van der Waals surface area contributed by atoms with Crippen LogP contribution >= 0.6 is 11.8 Å². The molecule has 170 valence electrons. The molecule has 0 bridgehead atoms. The molecule has 8 nitrogen and oxygen atoms in total. The molecular weight excluding hydrogens is 438 g/mol. The van der Waals surface area contributed by atoms with Gasteiger partial charge in [0.2, 0.25) is 11.1 Å². The van der Waals surface area contributed by atoms with Gasteiger partial charge in [-0.2, -0.15) is 0 Å². The highest BCUT2D eigenvalue weighted by molar-refractivity contribution is 7.99. The summed E-state index contributed by atoms with van der Waals surface area (Å²) in [5.41, 5.74) is 4.96. The fraction of sp³-hybridized carbons (Fsp3) is 0.333. The van der Waals surface area contributed by atoms with Crippen molar-refractivity contribution in [2.75, 3.05) is 26.5 Å². The number of carbonyl (C=O) groups excluding carboxylic acids is 1. The average molecular weight is 464 g/mol. The van der Waals surface area contributed by atoms with E-state index in [0.717, 1.165) is 46.3 Å². The highest BCUT2D eigenvalue weighted by Gasteiger charge is 2.23. The van der Waals surface area contributed by atoms with Crippen LogP contribution in [0, 0.1) is 0 Å². The number of nitrogens with zero attached hydrogens (tertiary/aromatic N) is 5. The van der Waals surface area contributed by atoms with Crippen molar-refractivity contribution >= 4 is 39.7 Å². The molecule has 4 aromatic rings. The van der Waals surface area contributed by atoms with Crippen molar-refractivity contribution in [3.05, 3.63) is 47.5 Å². The predicted octanol–water partition coefficient (Wildman–Crippen LogP) is 3.69. The zero-order chi connectivity index (χ0) is 22.9. The second kappa shape index (κ2) is 8.90. The van der Waals surface area contributed by atoms with Crippen molar-refractivity contribution in [3.8, 4) is 11.5 Å². The van der Waals surface area contributed by atoms with Crippen LogP contribution in [0.5, 0.6) is 11.5 Å². The molecule has 0 atom stereocenters. The average Bonchev–Trinajstić information content (AvgIpc) is 3.18. The largest absolute Gasteiger partial charge is 0.493 e. The van der Waals surface area contributed by atoms with Crippen molar-refractivity contribution in [3.63, 3.8) is 0 Å². The minimum absolute atomic E-state index is 0.0557. The Morgan fingerprint density at radius 3 is 2.61 bits per heavy atom. The van der Waals surface area contributed by atoms with Crippen molar-refractivity contribution in [1.82, 2.24) is 24.6 Å². The van der Waals surface area contributed by atoms with Gasteiger partial charge >= 0.3 is 0 Å². The summed E-state index contributed by atoms with van der Waals surface area (Å²) in [6.07, 6.45) is 0.784. The Balaban J connectivity index is 1.32. The molecule has 0 fully saturated rings. The number of para-hydroxylation sites is 1. The number of fused-ring (bicyclic) bond motifs is 4. The Bertz CT molecular complexity index is 1350. The van der Waals surface area contributed by atoms with Crippen LogP contribution in [-0.4, -0.2) is 57.1 Å². The van der Waals surface area contributed by atoms with Gasteiger partial charge < -0.3 is 18.9 Å². The summed E-state index contributed by atoms with van der Waals surface area (Å²) >= 11 is 1.33. The number of aryl methyl sites for hydroxylation is 1. The Hall–Kier alpha value is -3.33. The number of aromatic nitrogens is 4. The Morgan fingerprint density at radius 1 is 1.09 bits per heavy atom. The number of carbonyl (C=O) groups is 1. The monoisotopic (exact) mass is 463 g/mol. The molecule has 0 saturated heterocycles. The number of benzene rings is 2. The third-order valence-electron chi connectivity index (χ3n) is 6.07. The first-order valence-electron chi connectivity index (χ1n) is 10.9. The van der Waals surface area contributed by atoms with Crippen LogP contribution in [0.4, 0.5) is 0 Å². The zero-order valence-corrected chi connectivity index (χ0v) is 19.7. The lowest BCUT2D eigenvalue weighted by molar-refractivity contribution is -0.129. The molecule has 0 unspecified atom stereocenters. The van der Waals surface area contributed by atoms with Crippen LogP contribution in [0.1, 0.15) is 18.1 Å². The van der Waals surface area contributed by atoms with E-state index < -0.39 is 0 Å². The number of rotatable bonds is 6. The van der Waals surface area contributed by atoms with Crippen LogP contribution in [0.15, 0.2) is 41.6 Å². The molecule has 33 heavy (non-hydrogen) atoms. The maximum Gasteiger partial charge on any atom is 0.233 e. The molecule has 0 aliphatic carbocycles. The number of hydrogen-bond donors (Lipinski definition) is 0. The van der Waals surface area contributed by atoms with E-state index in [1.165, 1.54) is 17.3 Å². The summed E-state index contributed by atoms with van der Waals surface area (Å²) in [6, 6.07) is 12.1. The fourth-order valence-electron chi connectivity index (χ4n) is 4.38. The lowest BCUT2D eigenvalue weighted by Crippen LogP contribution is -2.37. The molecule has 9 heteroatoms. The first-order chi connectivity index (χ1) is 16.1. The lowest BCUT2D eigenvalue weighted by Gasteiger charge is -2.29. The summed E-state index contributed by atoms with van der Waals surface area (Å²) < 4.78 is 13.0. The smallest absolute Gasteiger partial charge is 0.233 e. The number of methoxy groups -OCH3 is 2. The summed E-state index contributed by atoms with van der Waals surface area (Å²) in [4.78, 5) is 19.6. The van der Waals surface area contributed by atoms with Gasteiger partial charge in [-0.15, -0.1) is 10.2 Å². The maximum atomic E-state index is 13.0. The number of thioether (sulfide) groups is 1. The first-order valence-corrected chi connectivity index (χ1v) is 11.9. The second-order valence-electron chi connectivity index (χ2n) is 7.86. The van der Waals surface area contributed by atoms with E-state index in [-0.39, 0.29) is 11.7 Å². The van der Waals surface area contributed by atoms with Crippen LogP contribution in [0.2, 0.25) is 0 Å². The van der Waals surface area contributed by atoms with Gasteiger partial charge in [-0.25, -0.2) is 4.98 Å². The summed E-state index contributed by atoms with van der Waals surface area (Å²) in [6.45, 7) is 4.09. The minimum atomic E-state index is 0.0557. The van der Waals surface area contributed by atoms with Gasteiger partial charge in [-0.3, -0.25) is 4.79 Å². The van der Waals surface area contributed by atoms with Crippen LogP contribution in [-0.2, 0) is 24.3 Å². The van der Waals surface area contributed by atoms with Gasteiger partial charge in [0.15, 0.2) is 17.1 Å². The molecule has 1 aliphatic heterocycles. The lowest BCUT2D eigenvalue weighted by atomic mass is 9.99. The topological polar surface area (TPSA) is 82.4 Å². The van der Waals surface area contributed by atoms with E-state index in [9.17, 15) is 4.79 Å². The van der Waals surface area contributed by atoms with Crippen LogP contribution in [0.3, 0.4) is 0 Å². The SMILES string of the molecule is CCn1c2ccccc2c2nnc(SCC(=O)N3CCc4cc(OC)c(OC)cc4C3)nc21. The molecule has 2 aromatic carbocycles. The van der Waals surface area contributed by atoms with Gasteiger partial charge in [-0.1, -0.05) is 30.0 Å². The Morgan fingerprint density at radius 2 is 1.85 bits per heavy atom. The van der Waals surface area contributed by atoms with Gasteiger partial charge in [0.25, 0.3) is 0 Å². The molecule has 0 saturated carbocycles. The number of ether oxygens (including phenoxy) is 2. The summed E-state index contributed by atoms with van der Waals surface area (Å²) in [5, 5.41) is 10.3. The van der Waals surface area contributed by atoms with Crippen LogP contribution in [0.25, 0.3) is 22.1 Å². The van der Waals surface area contributed by atoms with E-state index in [0.29, 0.717) is 24.0 Å². The van der Waals surface area contributed by atoms with Gasteiger partial charge in [0, 0.05) is 25.0 Å². The summed E-state index contributed by atoms with van der Waals surface area (Å²) in [7, 11) is 3.25. The molecule has 0 radical (unpaired) electrons. The molecule has 2 aromatic heterocycles. The van der Waals surface area contributed by atoms with Crippen molar-refractivity contribution in [1.29, 1.82) is 0 Å². The third kappa shape index (κ3) is 3.86. The Kier molecular flexibility index (Phi) is 5.80. The van der Waals surface area contributed by atoms with Crippen molar-refractivity contribution < 1.29 is 14.3 Å². The van der Waals surface area contributed by atoms with Crippen molar-refractivity contribution in [2.24, 2.45) is 0 Å². The molecule has 1 aliphatic rings. The molecule has 5 rings (SSSR count). The summed E-state index contributed by atoms with van der Waals surface area (Å²) in [5.74, 6) is 1.72. The second-order valence-corrected chi connectivity index (χ2v) is 8.80. The zero-order valence-electron chi connectivity index (χ0n) is 18.9. The van der Waals surface area contributed by atoms with Gasteiger partial charge in [-0.05, 0) is 42.7 Å². The highest BCUT2D eigenvalue weighted by atomic mass is 32.2. The highest BCUT2D eigenvalue weighted by Crippen LogP contribution is 2.33. The van der Waals surface area contributed by atoms with E-state index in [2.05, 4.69) is 27.8 Å². The maximum absolute atomic E-state index is 13.0. The van der Waals surface area contributed by atoms with E-state index in [1.807, 2.05) is 35.2 Å². The molecule has 0 spiro atoms. The molecule has 0 N–H and O–H groups in total.